The lowest BCUT2D eigenvalue weighted by molar-refractivity contribution is -0.131. The third-order valence-electron chi connectivity index (χ3n) is 4.21. The summed E-state index contributed by atoms with van der Waals surface area (Å²) in [7, 11) is 0. The van der Waals surface area contributed by atoms with Crippen LogP contribution in [0.25, 0.3) is 10.7 Å². The standard InChI is InChI=1S/C18H17N3OS2/c22-17(21-9-3-6-15(21)16-7-4-10-23-16)11-13-12-24-18(20-13)14-5-1-2-8-19-14/h1-2,4-5,7-8,10,12,15H,3,6,9,11H2. The number of carbonyl (C=O) groups is 1. The lowest BCUT2D eigenvalue weighted by Crippen LogP contribution is -2.31. The van der Waals surface area contributed by atoms with Crippen molar-refractivity contribution in [1.29, 1.82) is 0 Å². The van der Waals surface area contributed by atoms with Crippen LogP contribution in [-0.2, 0) is 11.2 Å². The van der Waals surface area contributed by atoms with Gasteiger partial charge in [0.2, 0.25) is 5.91 Å². The summed E-state index contributed by atoms with van der Waals surface area (Å²) < 4.78 is 0. The Morgan fingerprint density at radius 1 is 1.25 bits per heavy atom. The minimum atomic E-state index is 0.170. The van der Waals surface area contributed by atoms with Crippen LogP contribution in [0.15, 0.2) is 47.3 Å². The van der Waals surface area contributed by atoms with E-state index < -0.39 is 0 Å². The molecule has 6 heteroatoms. The summed E-state index contributed by atoms with van der Waals surface area (Å²) in [6.07, 6.45) is 4.26. The number of nitrogens with zero attached hydrogens (tertiary/aromatic N) is 3. The highest BCUT2D eigenvalue weighted by atomic mass is 32.1. The predicted octanol–water partition coefficient (Wildman–Crippen LogP) is 4.17. The molecule has 0 spiro atoms. The van der Waals surface area contributed by atoms with Crippen LogP contribution in [-0.4, -0.2) is 27.3 Å². The Hall–Kier alpha value is -2.05. The number of likely N-dealkylation sites (tertiary alicyclic amines) is 1. The minimum Gasteiger partial charge on any atom is -0.335 e. The number of amides is 1. The van der Waals surface area contributed by atoms with E-state index in [2.05, 4.69) is 27.5 Å². The Morgan fingerprint density at radius 2 is 2.21 bits per heavy atom. The van der Waals surface area contributed by atoms with E-state index in [-0.39, 0.29) is 11.9 Å². The van der Waals surface area contributed by atoms with Gasteiger partial charge >= 0.3 is 0 Å². The number of hydrogen-bond acceptors (Lipinski definition) is 5. The van der Waals surface area contributed by atoms with Crippen molar-refractivity contribution >= 4 is 28.6 Å². The fourth-order valence-electron chi connectivity index (χ4n) is 3.09. The van der Waals surface area contributed by atoms with Gasteiger partial charge in [0, 0.05) is 23.0 Å². The normalized spacial score (nSPS) is 17.3. The molecule has 3 aromatic heterocycles. The van der Waals surface area contributed by atoms with Gasteiger partial charge in [-0.2, -0.15) is 0 Å². The molecule has 3 aromatic rings. The van der Waals surface area contributed by atoms with Gasteiger partial charge in [0.25, 0.3) is 0 Å². The molecule has 1 amide bonds. The van der Waals surface area contributed by atoms with Crippen LogP contribution in [0.5, 0.6) is 0 Å². The van der Waals surface area contributed by atoms with Gasteiger partial charge in [-0.1, -0.05) is 12.1 Å². The van der Waals surface area contributed by atoms with E-state index in [4.69, 9.17) is 0 Å². The van der Waals surface area contributed by atoms with Gasteiger partial charge in [-0.05, 0) is 36.4 Å². The molecule has 0 bridgehead atoms. The highest BCUT2D eigenvalue weighted by Crippen LogP contribution is 2.35. The zero-order valence-electron chi connectivity index (χ0n) is 13.1. The van der Waals surface area contributed by atoms with Crippen LogP contribution in [0, 0.1) is 0 Å². The van der Waals surface area contributed by atoms with Gasteiger partial charge in [-0.15, -0.1) is 22.7 Å². The molecule has 0 saturated carbocycles. The first kappa shape index (κ1) is 15.5. The molecule has 122 valence electrons. The molecule has 0 radical (unpaired) electrons. The number of hydrogen-bond donors (Lipinski definition) is 0. The van der Waals surface area contributed by atoms with Crippen molar-refractivity contribution in [3.63, 3.8) is 0 Å². The van der Waals surface area contributed by atoms with Crippen LogP contribution in [0.3, 0.4) is 0 Å². The first-order valence-corrected chi connectivity index (χ1v) is 9.76. The van der Waals surface area contributed by atoms with Crippen molar-refractivity contribution in [3.05, 3.63) is 57.9 Å². The third-order valence-corrected chi connectivity index (χ3v) is 6.10. The molecule has 1 saturated heterocycles. The molecule has 0 N–H and O–H groups in total. The Bertz CT molecular complexity index is 814. The molecule has 0 aliphatic carbocycles. The van der Waals surface area contributed by atoms with E-state index in [9.17, 15) is 4.79 Å². The highest BCUT2D eigenvalue weighted by molar-refractivity contribution is 7.13. The molecule has 4 rings (SSSR count). The van der Waals surface area contributed by atoms with E-state index in [1.165, 1.54) is 4.88 Å². The second-order valence-electron chi connectivity index (χ2n) is 5.80. The van der Waals surface area contributed by atoms with E-state index in [0.717, 1.165) is 35.8 Å². The number of pyridine rings is 1. The number of thiophene rings is 1. The molecule has 1 aliphatic rings. The summed E-state index contributed by atoms with van der Waals surface area (Å²) in [5, 5.41) is 4.92. The maximum atomic E-state index is 12.7. The summed E-state index contributed by atoms with van der Waals surface area (Å²) in [4.78, 5) is 25.0. The van der Waals surface area contributed by atoms with Gasteiger partial charge in [-0.3, -0.25) is 9.78 Å². The zero-order valence-corrected chi connectivity index (χ0v) is 14.7. The number of carbonyl (C=O) groups excluding carboxylic acids is 1. The largest absolute Gasteiger partial charge is 0.335 e. The molecule has 4 nitrogen and oxygen atoms in total. The van der Waals surface area contributed by atoms with Crippen molar-refractivity contribution in [3.8, 4) is 10.7 Å². The fourth-order valence-corrected chi connectivity index (χ4v) is 4.76. The minimum absolute atomic E-state index is 0.170. The van der Waals surface area contributed by atoms with Crippen LogP contribution in [0.2, 0.25) is 0 Å². The van der Waals surface area contributed by atoms with Crippen LogP contribution in [0.4, 0.5) is 0 Å². The zero-order chi connectivity index (χ0) is 16.4. The fraction of sp³-hybridized carbons (Fsp3) is 0.278. The summed E-state index contributed by atoms with van der Waals surface area (Å²) >= 11 is 3.28. The maximum Gasteiger partial charge on any atom is 0.229 e. The average Bonchev–Trinajstić information content (AvgIpc) is 3.36. The van der Waals surface area contributed by atoms with Crippen LogP contribution >= 0.6 is 22.7 Å². The van der Waals surface area contributed by atoms with E-state index in [1.807, 2.05) is 28.5 Å². The quantitative estimate of drug-likeness (QED) is 0.705. The van der Waals surface area contributed by atoms with Crippen LogP contribution in [0.1, 0.15) is 29.5 Å². The second-order valence-corrected chi connectivity index (χ2v) is 7.63. The van der Waals surface area contributed by atoms with Crippen LogP contribution < -0.4 is 0 Å². The van der Waals surface area contributed by atoms with E-state index >= 15 is 0 Å². The summed E-state index contributed by atoms with van der Waals surface area (Å²) in [5.41, 5.74) is 1.70. The molecule has 1 atom stereocenters. The lowest BCUT2D eigenvalue weighted by Gasteiger charge is -2.23. The molecule has 1 fully saturated rings. The van der Waals surface area contributed by atoms with Crippen molar-refractivity contribution in [2.24, 2.45) is 0 Å². The second kappa shape index (κ2) is 6.83. The molecular formula is C18H17N3OS2. The van der Waals surface area contributed by atoms with Crippen molar-refractivity contribution < 1.29 is 4.79 Å². The molecule has 1 unspecified atom stereocenters. The summed E-state index contributed by atoms with van der Waals surface area (Å²) in [5.74, 6) is 0.170. The monoisotopic (exact) mass is 355 g/mol. The Labute approximate surface area is 148 Å². The molecule has 1 aliphatic heterocycles. The Kier molecular flexibility index (Phi) is 4.40. The van der Waals surface area contributed by atoms with Crippen molar-refractivity contribution in [1.82, 2.24) is 14.9 Å². The first-order chi connectivity index (χ1) is 11.8. The molecule has 4 heterocycles. The Morgan fingerprint density at radius 3 is 3.00 bits per heavy atom. The molecule has 24 heavy (non-hydrogen) atoms. The SMILES string of the molecule is O=C(Cc1csc(-c2ccccn2)n1)N1CCCC1c1cccs1. The number of rotatable bonds is 4. The van der Waals surface area contributed by atoms with Gasteiger partial charge in [0.15, 0.2) is 0 Å². The highest BCUT2D eigenvalue weighted by Gasteiger charge is 2.30. The maximum absolute atomic E-state index is 12.7. The summed E-state index contributed by atoms with van der Waals surface area (Å²) in [6.45, 7) is 0.846. The third kappa shape index (κ3) is 3.12. The Balaban J connectivity index is 1.47. The van der Waals surface area contributed by atoms with Gasteiger partial charge in [0.05, 0.1) is 23.9 Å². The molecular weight excluding hydrogens is 338 g/mol. The van der Waals surface area contributed by atoms with Gasteiger partial charge in [0.1, 0.15) is 5.01 Å². The predicted molar refractivity (Wildman–Crippen MR) is 97.1 cm³/mol. The summed E-state index contributed by atoms with van der Waals surface area (Å²) in [6, 6.07) is 10.2. The first-order valence-electron chi connectivity index (χ1n) is 8.00. The van der Waals surface area contributed by atoms with E-state index in [0.29, 0.717) is 6.42 Å². The topological polar surface area (TPSA) is 46.1 Å². The van der Waals surface area contributed by atoms with Gasteiger partial charge in [-0.25, -0.2) is 4.98 Å². The van der Waals surface area contributed by atoms with Crippen molar-refractivity contribution in [2.45, 2.75) is 25.3 Å². The van der Waals surface area contributed by atoms with Gasteiger partial charge < -0.3 is 4.90 Å². The smallest absolute Gasteiger partial charge is 0.229 e. The van der Waals surface area contributed by atoms with Crippen molar-refractivity contribution in [2.75, 3.05) is 6.54 Å². The number of aromatic nitrogens is 2. The molecule has 0 aromatic carbocycles. The lowest BCUT2D eigenvalue weighted by atomic mass is 10.2. The van der Waals surface area contributed by atoms with E-state index in [1.54, 1.807) is 28.9 Å². The number of thiazole rings is 1. The average molecular weight is 355 g/mol.